The van der Waals surface area contributed by atoms with E-state index in [1.165, 1.54) is 141 Å². The maximum absolute atomic E-state index is 10.7. The van der Waals surface area contributed by atoms with Gasteiger partial charge < -0.3 is 19.7 Å². The van der Waals surface area contributed by atoms with Crippen molar-refractivity contribution in [2.75, 3.05) is 13.2 Å². The van der Waals surface area contributed by atoms with Gasteiger partial charge in [-0.1, -0.05) is 155 Å². The zero-order valence-electron chi connectivity index (χ0n) is 35.6. The summed E-state index contributed by atoms with van der Waals surface area (Å²) in [5, 5.41) is 21.4. The number of unbranched alkanes of at least 4 members (excludes halogenated alkanes) is 22. The normalized spacial score (nSPS) is 12.3. The number of hydrogen-bond acceptors (Lipinski definition) is 6. The summed E-state index contributed by atoms with van der Waals surface area (Å²) in [5.74, 6) is 1.65. The summed E-state index contributed by atoms with van der Waals surface area (Å²) < 4.78 is 11.9. The average Bonchev–Trinajstić information content (AvgIpc) is 3.14. The molecule has 54 heavy (non-hydrogen) atoms. The van der Waals surface area contributed by atoms with Gasteiger partial charge in [-0.2, -0.15) is 0 Å². The largest absolute Gasteiger partial charge is 0.507 e. The van der Waals surface area contributed by atoms with E-state index in [9.17, 15) is 10.2 Å². The molecule has 0 fully saturated rings. The van der Waals surface area contributed by atoms with Crippen LogP contribution in [0.2, 0.25) is 0 Å². The van der Waals surface area contributed by atoms with E-state index in [0.717, 1.165) is 12.8 Å². The van der Waals surface area contributed by atoms with Gasteiger partial charge in [0.25, 0.3) is 0 Å². The lowest BCUT2D eigenvalue weighted by molar-refractivity contribution is 0.302. The first kappa shape index (κ1) is 47.1. The molecule has 0 atom stereocenters. The van der Waals surface area contributed by atoms with Crippen LogP contribution in [-0.4, -0.2) is 46.9 Å². The van der Waals surface area contributed by atoms with Gasteiger partial charge in [-0.15, -0.1) is 0 Å². The van der Waals surface area contributed by atoms with Crippen LogP contribution in [-0.2, 0) is 0 Å². The first-order chi connectivity index (χ1) is 26.1. The molecule has 0 bridgehead atoms. The molecule has 0 aromatic heterocycles. The van der Waals surface area contributed by atoms with Crippen LogP contribution in [0.4, 0.5) is 0 Å². The summed E-state index contributed by atoms with van der Waals surface area (Å²) in [6, 6.07) is 10.8. The Morgan fingerprint density at radius 1 is 0.444 bits per heavy atom. The van der Waals surface area contributed by atoms with Crippen molar-refractivity contribution in [2.45, 2.75) is 207 Å². The van der Waals surface area contributed by atoms with Crippen molar-refractivity contribution in [1.29, 1.82) is 0 Å². The minimum atomic E-state index is -0.591. The Labute approximate surface area is 331 Å². The molecule has 2 N–H and O–H groups in total. The summed E-state index contributed by atoms with van der Waals surface area (Å²) in [5.41, 5.74) is 0.0915. The molecule has 0 unspecified atom stereocenters. The van der Waals surface area contributed by atoms with Crippen molar-refractivity contribution in [3.63, 3.8) is 0 Å². The molecule has 2 rings (SSSR count). The molecule has 0 aliphatic carbocycles. The van der Waals surface area contributed by atoms with Crippen molar-refractivity contribution < 1.29 is 19.7 Å². The van der Waals surface area contributed by atoms with E-state index in [-0.39, 0.29) is 11.5 Å². The molecule has 0 radical (unpaired) electrons. The smallest absolute Gasteiger partial charge is 0.128 e. The monoisotopic (exact) mass is 749 g/mol. The molecule has 0 heterocycles. The molecule has 2 aromatic carbocycles. The Morgan fingerprint density at radius 2 is 0.722 bits per heavy atom. The van der Waals surface area contributed by atoms with Gasteiger partial charge in [-0.05, 0) is 64.8 Å². The second kappa shape index (κ2) is 28.4. The van der Waals surface area contributed by atoms with Crippen LogP contribution in [0.5, 0.6) is 23.0 Å². The van der Waals surface area contributed by atoms with Crippen molar-refractivity contribution in [3.05, 3.63) is 47.5 Å². The highest BCUT2D eigenvalue weighted by Crippen LogP contribution is 2.31. The zero-order chi connectivity index (χ0) is 39.3. The molecule has 0 saturated carbocycles. The lowest BCUT2D eigenvalue weighted by atomic mass is 9.83. The highest BCUT2D eigenvalue weighted by Gasteiger charge is 2.36. The molecule has 6 heteroatoms. The Kier molecular flexibility index (Phi) is 24.8. The Bertz CT molecular complexity index is 1200. The molecule has 6 nitrogen and oxygen atoms in total. The second-order valence-electron chi connectivity index (χ2n) is 16.6. The maximum atomic E-state index is 10.7. The minimum Gasteiger partial charge on any atom is -0.507 e. The predicted molar refractivity (Wildman–Crippen MR) is 233 cm³/mol. The van der Waals surface area contributed by atoms with Crippen LogP contribution in [0.25, 0.3) is 0 Å². The first-order valence-corrected chi connectivity index (χ1v) is 22.1. The standard InChI is InChI=1S/C48H80N2O4/c1-7-9-11-13-15-17-19-21-23-25-27-29-35-53-43-33-31-41(45(51)37-43)39-49-47(3,4)48(5,6)50-40-42-32-34-44(38-46(42)52)54-36-30-28-26-24-22-20-18-16-14-12-10-8-2/h31-34,37-40,51-52H,7-30,35-36H2,1-6H3. The van der Waals surface area contributed by atoms with E-state index in [1.807, 2.05) is 52.0 Å². The number of phenols is 2. The number of phenolic OH excluding ortho intramolecular Hbond substituents is 2. The fourth-order valence-corrected chi connectivity index (χ4v) is 6.49. The molecule has 306 valence electrons. The summed E-state index contributed by atoms with van der Waals surface area (Å²) in [6.45, 7) is 14.0. The lowest BCUT2D eigenvalue weighted by Crippen LogP contribution is -2.42. The van der Waals surface area contributed by atoms with Crippen LogP contribution >= 0.6 is 0 Å². The molecule has 0 aliphatic heterocycles. The van der Waals surface area contributed by atoms with E-state index in [2.05, 4.69) is 13.8 Å². The van der Waals surface area contributed by atoms with Crippen molar-refractivity contribution in [3.8, 4) is 23.0 Å². The highest BCUT2D eigenvalue weighted by atomic mass is 16.5. The number of aromatic hydroxyl groups is 2. The fourth-order valence-electron chi connectivity index (χ4n) is 6.49. The molecule has 0 saturated heterocycles. The van der Waals surface area contributed by atoms with E-state index in [0.29, 0.717) is 35.8 Å². The van der Waals surface area contributed by atoms with Gasteiger partial charge in [0.2, 0.25) is 0 Å². The number of hydrogen-bond donors (Lipinski definition) is 2. The first-order valence-electron chi connectivity index (χ1n) is 22.1. The van der Waals surface area contributed by atoms with Gasteiger partial charge in [0, 0.05) is 35.7 Å². The van der Waals surface area contributed by atoms with Crippen LogP contribution in [0, 0.1) is 0 Å². The number of benzene rings is 2. The second-order valence-corrected chi connectivity index (χ2v) is 16.6. The third-order valence-electron chi connectivity index (χ3n) is 11.1. The van der Waals surface area contributed by atoms with Crippen LogP contribution in [0.3, 0.4) is 0 Å². The van der Waals surface area contributed by atoms with Crippen molar-refractivity contribution >= 4 is 12.4 Å². The zero-order valence-corrected chi connectivity index (χ0v) is 35.6. The SMILES string of the molecule is CCCCCCCCCCCCCCOc1ccc(C=NC(C)(C)C(C)(C)N=Cc2ccc(OCCCCCCCCCCCCCC)cc2O)c(O)c1. The van der Waals surface area contributed by atoms with Crippen molar-refractivity contribution in [2.24, 2.45) is 9.98 Å². The number of ether oxygens (including phenoxy) is 2. The predicted octanol–water partition coefficient (Wildman–Crippen LogP) is 14.4. The van der Waals surface area contributed by atoms with E-state index in [4.69, 9.17) is 19.5 Å². The van der Waals surface area contributed by atoms with E-state index in [1.54, 1.807) is 24.6 Å². The topological polar surface area (TPSA) is 83.6 Å². The van der Waals surface area contributed by atoms with Gasteiger partial charge in [-0.3, -0.25) is 9.98 Å². The minimum absolute atomic E-state index is 0.147. The van der Waals surface area contributed by atoms with Gasteiger partial charge in [0.05, 0.1) is 24.3 Å². The van der Waals surface area contributed by atoms with Crippen LogP contribution in [0.1, 0.15) is 207 Å². The fraction of sp³-hybridized carbons (Fsp3) is 0.708. The van der Waals surface area contributed by atoms with E-state index >= 15 is 0 Å². The van der Waals surface area contributed by atoms with Gasteiger partial charge >= 0.3 is 0 Å². The van der Waals surface area contributed by atoms with Crippen molar-refractivity contribution in [1.82, 2.24) is 0 Å². The average molecular weight is 749 g/mol. The Balaban J connectivity index is 1.69. The summed E-state index contributed by atoms with van der Waals surface area (Å²) in [6.07, 6.45) is 35.0. The Hall–Kier alpha value is -3.02. The molecule has 0 amide bonds. The molecular weight excluding hydrogens is 669 g/mol. The lowest BCUT2D eigenvalue weighted by Gasteiger charge is -2.35. The maximum Gasteiger partial charge on any atom is 0.128 e. The number of rotatable bonds is 33. The van der Waals surface area contributed by atoms with Crippen LogP contribution in [0.15, 0.2) is 46.4 Å². The summed E-state index contributed by atoms with van der Waals surface area (Å²) in [7, 11) is 0. The summed E-state index contributed by atoms with van der Waals surface area (Å²) in [4.78, 5) is 9.68. The van der Waals surface area contributed by atoms with Gasteiger partial charge in [0.15, 0.2) is 0 Å². The third-order valence-corrected chi connectivity index (χ3v) is 11.1. The van der Waals surface area contributed by atoms with E-state index < -0.39 is 11.1 Å². The summed E-state index contributed by atoms with van der Waals surface area (Å²) >= 11 is 0. The quantitative estimate of drug-likeness (QED) is 0.0562. The van der Waals surface area contributed by atoms with Gasteiger partial charge in [0.1, 0.15) is 23.0 Å². The molecule has 2 aromatic rings. The van der Waals surface area contributed by atoms with Gasteiger partial charge in [-0.25, -0.2) is 0 Å². The molecule has 0 aliphatic rings. The number of aliphatic imine (C=N–C) groups is 2. The third kappa shape index (κ3) is 20.6. The van der Waals surface area contributed by atoms with Crippen LogP contribution < -0.4 is 9.47 Å². The molecular formula is C48H80N2O4. The Morgan fingerprint density at radius 3 is 1.00 bits per heavy atom. The number of nitrogens with zero attached hydrogens (tertiary/aromatic N) is 2. The molecule has 0 spiro atoms. The highest BCUT2D eigenvalue weighted by molar-refractivity contribution is 5.85.